The number of benzene rings is 1. The van der Waals surface area contributed by atoms with Crippen LogP contribution in [0.15, 0.2) is 47.8 Å². The molecule has 2 aromatic heterocycles. The fourth-order valence-electron chi connectivity index (χ4n) is 3.11. The number of rotatable bonds is 8. The second-order valence-corrected chi connectivity index (χ2v) is 10.3. The van der Waals surface area contributed by atoms with Gasteiger partial charge >= 0.3 is 6.09 Å². The second kappa shape index (κ2) is 9.61. The van der Waals surface area contributed by atoms with Crippen LogP contribution in [0, 0.1) is 0 Å². The van der Waals surface area contributed by atoms with Gasteiger partial charge in [-0.05, 0) is 51.3 Å². The summed E-state index contributed by atoms with van der Waals surface area (Å²) in [5, 5.41) is 11.8. The molecule has 0 saturated carbocycles. The van der Waals surface area contributed by atoms with Crippen LogP contribution in [0.3, 0.4) is 0 Å². The lowest BCUT2D eigenvalue weighted by Crippen LogP contribution is -2.46. The van der Waals surface area contributed by atoms with Gasteiger partial charge in [-0.2, -0.15) is 0 Å². The fourth-order valence-corrected chi connectivity index (χ4v) is 4.38. The summed E-state index contributed by atoms with van der Waals surface area (Å²) < 4.78 is 34.0. The average Bonchev–Trinajstić information content (AvgIpc) is 3.22. The number of carbonyl (C=O) groups excluding carboxylic acids is 1. The van der Waals surface area contributed by atoms with Gasteiger partial charge in [-0.15, -0.1) is 5.10 Å². The molecule has 0 spiro atoms. The number of ether oxygens (including phenoxy) is 1. The molecule has 0 radical (unpaired) electrons. The van der Waals surface area contributed by atoms with Crippen molar-refractivity contribution < 1.29 is 17.9 Å². The average molecular weight is 461 g/mol. The number of nitrogens with one attached hydrogen (secondary N) is 2. The lowest BCUT2D eigenvalue weighted by atomic mass is 10.2. The number of sulfonamides is 1. The summed E-state index contributed by atoms with van der Waals surface area (Å²) in [5.41, 5.74) is 0.0174. The van der Waals surface area contributed by atoms with E-state index >= 15 is 0 Å². The van der Waals surface area contributed by atoms with Crippen molar-refractivity contribution in [3.63, 3.8) is 0 Å². The van der Waals surface area contributed by atoms with Crippen molar-refractivity contribution in [2.24, 2.45) is 0 Å². The molecule has 172 valence electrons. The standard InChI is InChI=1S/C21H28N6O4S/c1-15(25-32(29,30)19-6-5-17-12-22-9-7-16(17)11-19)14-27(20(28)31-21(2,3)4)10-8-18-13-23-26-24-18/h5-7,9,11-13,15,25H,8,10,14H2,1-4H3,(H,23,24,26)/t15-/m1/s1. The summed E-state index contributed by atoms with van der Waals surface area (Å²) in [6.07, 6.45) is 4.87. The molecule has 0 aliphatic carbocycles. The van der Waals surface area contributed by atoms with E-state index in [0.29, 0.717) is 18.7 Å². The summed E-state index contributed by atoms with van der Waals surface area (Å²) in [7, 11) is -3.79. The summed E-state index contributed by atoms with van der Waals surface area (Å²) in [6.45, 7) is 7.47. The Morgan fingerprint density at radius 1 is 1.25 bits per heavy atom. The lowest BCUT2D eigenvalue weighted by molar-refractivity contribution is 0.0240. The highest BCUT2D eigenvalue weighted by Gasteiger charge is 2.26. The Kier molecular flexibility index (Phi) is 7.09. The third-order valence-corrected chi connectivity index (χ3v) is 6.12. The maximum atomic E-state index is 12.9. The molecule has 0 bridgehead atoms. The van der Waals surface area contributed by atoms with E-state index in [-0.39, 0.29) is 11.4 Å². The van der Waals surface area contributed by atoms with Crippen LogP contribution in [-0.2, 0) is 21.2 Å². The van der Waals surface area contributed by atoms with E-state index < -0.39 is 27.8 Å². The minimum atomic E-state index is -3.79. The normalized spacial score (nSPS) is 13.1. The molecule has 2 heterocycles. The first kappa shape index (κ1) is 23.6. The Bertz CT molecular complexity index is 1160. The van der Waals surface area contributed by atoms with Crippen molar-refractivity contribution in [1.29, 1.82) is 0 Å². The molecule has 2 N–H and O–H groups in total. The molecule has 10 nitrogen and oxygen atoms in total. The van der Waals surface area contributed by atoms with Crippen LogP contribution in [0.2, 0.25) is 0 Å². The minimum Gasteiger partial charge on any atom is -0.444 e. The van der Waals surface area contributed by atoms with Gasteiger partial charge in [0.2, 0.25) is 10.0 Å². The van der Waals surface area contributed by atoms with Crippen molar-refractivity contribution in [3.05, 3.63) is 48.5 Å². The molecule has 1 amide bonds. The minimum absolute atomic E-state index is 0.128. The first-order valence-electron chi connectivity index (χ1n) is 10.2. The van der Waals surface area contributed by atoms with E-state index in [1.54, 1.807) is 64.5 Å². The van der Waals surface area contributed by atoms with Crippen LogP contribution in [0.1, 0.15) is 33.4 Å². The largest absolute Gasteiger partial charge is 0.444 e. The van der Waals surface area contributed by atoms with Crippen LogP contribution in [0.4, 0.5) is 4.79 Å². The SMILES string of the molecule is C[C@H](CN(CCc1c[nH]nn1)C(=O)OC(C)(C)C)NS(=O)(=O)c1ccc2cnccc2c1. The van der Waals surface area contributed by atoms with Gasteiger partial charge in [-0.25, -0.2) is 17.9 Å². The van der Waals surface area contributed by atoms with Gasteiger partial charge < -0.3 is 9.64 Å². The fraction of sp³-hybridized carbons (Fsp3) is 0.429. The molecule has 1 aromatic carbocycles. The van der Waals surface area contributed by atoms with Crippen molar-refractivity contribution in [2.45, 2.75) is 50.7 Å². The van der Waals surface area contributed by atoms with E-state index in [2.05, 4.69) is 25.1 Å². The summed E-state index contributed by atoms with van der Waals surface area (Å²) >= 11 is 0. The van der Waals surface area contributed by atoms with Crippen LogP contribution in [0.25, 0.3) is 10.8 Å². The number of fused-ring (bicyclic) bond motifs is 1. The summed E-state index contributed by atoms with van der Waals surface area (Å²) in [5.74, 6) is 0. The predicted molar refractivity (Wildman–Crippen MR) is 119 cm³/mol. The topological polar surface area (TPSA) is 130 Å². The van der Waals surface area contributed by atoms with Gasteiger partial charge in [0.05, 0.1) is 10.6 Å². The lowest BCUT2D eigenvalue weighted by Gasteiger charge is -2.29. The molecule has 32 heavy (non-hydrogen) atoms. The molecule has 0 unspecified atom stereocenters. The molecule has 0 saturated heterocycles. The predicted octanol–water partition coefficient (Wildman–Crippen LogP) is 2.50. The highest BCUT2D eigenvalue weighted by atomic mass is 32.2. The maximum absolute atomic E-state index is 12.9. The van der Waals surface area contributed by atoms with Crippen molar-refractivity contribution >= 4 is 26.9 Å². The first-order valence-corrected chi connectivity index (χ1v) is 11.7. The number of nitrogens with zero attached hydrogens (tertiary/aromatic N) is 4. The Hall–Kier alpha value is -3.05. The van der Waals surface area contributed by atoms with E-state index in [1.807, 2.05) is 0 Å². The van der Waals surface area contributed by atoms with Gasteiger partial charge in [-0.3, -0.25) is 10.1 Å². The zero-order valence-electron chi connectivity index (χ0n) is 18.6. The van der Waals surface area contributed by atoms with Gasteiger partial charge in [-0.1, -0.05) is 11.3 Å². The zero-order valence-corrected chi connectivity index (χ0v) is 19.4. The molecule has 1 atom stereocenters. The molecule has 0 aliphatic heterocycles. The molecule has 11 heteroatoms. The number of pyridine rings is 1. The first-order chi connectivity index (χ1) is 15.0. The quantitative estimate of drug-likeness (QED) is 0.528. The molecule has 0 aliphatic rings. The number of carbonyl (C=O) groups is 1. The van der Waals surface area contributed by atoms with Crippen LogP contribution in [-0.4, -0.2) is 64.5 Å². The Balaban J connectivity index is 1.71. The molecule has 3 aromatic rings. The zero-order chi connectivity index (χ0) is 23.4. The highest BCUT2D eigenvalue weighted by Crippen LogP contribution is 2.18. The number of H-pyrrole nitrogens is 1. The third kappa shape index (κ3) is 6.47. The van der Waals surface area contributed by atoms with Gasteiger partial charge in [0.1, 0.15) is 5.60 Å². The van der Waals surface area contributed by atoms with Gasteiger partial charge in [0, 0.05) is 49.5 Å². The molecule has 3 rings (SSSR count). The van der Waals surface area contributed by atoms with Crippen molar-refractivity contribution in [2.75, 3.05) is 13.1 Å². The van der Waals surface area contributed by atoms with Crippen molar-refractivity contribution in [3.8, 4) is 0 Å². The van der Waals surface area contributed by atoms with E-state index in [1.165, 1.54) is 11.0 Å². The van der Waals surface area contributed by atoms with Crippen LogP contribution in [0.5, 0.6) is 0 Å². The van der Waals surface area contributed by atoms with Gasteiger partial charge in [0.15, 0.2) is 0 Å². The highest BCUT2D eigenvalue weighted by molar-refractivity contribution is 7.89. The Labute approximate surface area is 187 Å². The molecule has 0 fully saturated rings. The van der Waals surface area contributed by atoms with E-state index in [4.69, 9.17) is 4.74 Å². The van der Waals surface area contributed by atoms with Gasteiger partial charge in [0.25, 0.3) is 0 Å². The van der Waals surface area contributed by atoms with E-state index in [9.17, 15) is 13.2 Å². The van der Waals surface area contributed by atoms with Crippen molar-refractivity contribution in [1.82, 2.24) is 30.0 Å². The number of aromatic amines is 1. The van der Waals surface area contributed by atoms with Crippen LogP contribution < -0.4 is 4.72 Å². The van der Waals surface area contributed by atoms with Crippen LogP contribution >= 0.6 is 0 Å². The maximum Gasteiger partial charge on any atom is 0.410 e. The number of amides is 1. The Morgan fingerprint density at radius 3 is 2.72 bits per heavy atom. The second-order valence-electron chi connectivity index (χ2n) is 8.55. The summed E-state index contributed by atoms with van der Waals surface area (Å²) in [4.78, 5) is 18.4. The summed E-state index contributed by atoms with van der Waals surface area (Å²) in [6, 6.07) is 6.05. The van der Waals surface area contributed by atoms with E-state index in [0.717, 1.165) is 10.8 Å². The monoisotopic (exact) mass is 460 g/mol. The number of aromatic nitrogens is 4. The third-order valence-electron chi connectivity index (χ3n) is 4.53. The number of hydrogen-bond acceptors (Lipinski definition) is 7. The smallest absolute Gasteiger partial charge is 0.410 e. The Morgan fingerprint density at radius 2 is 2.03 bits per heavy atom. The number of hydrogen-bond donors (Lipinski definition) is 2. The molecular formula is C21H28N6O4S. The molecular weight excluding hydrogens is 432 g/mol.